The van der Waals surface area contributed by atoms with E-state index in [9.17, 15) is 14.7 Å². The first-order valence-corrected chi connectivity index (χ1v) is 13.8. The second-order valence-corrected chi connectivity index (χ2v) is 11.4. The van der Waals surface area contributed by atoms with Crippen molar-refractivity contribution in [1.29, 1.82) is 0 Å². The molecule has 2 aliphatic rings. The van der Waals surface area contributed by atoms with Crippen LogP contribution in [-0.4, -0.2) is 28.9 Å². The molecule has 4 atom stereocenters. The van der Waals surface area contributed by atoms with Crippen LogP contribution in [0.25, 0.3) is 10.1 Å². The maximum atomic E-state index is 14.1. The van der Waals surface area contributed by atoms with E-state index in [0.29, 0.717) is 61.7 Å². The zero-order chi connectivity index (χ0) is 27.5. The van der Waals surface area contributed by atoms with Gasteiger partial charge in [-0.1, -0.05) is 30.3 Å². The smallest absolute Gasteiger partial charge is 0.262 e. The lowest BCUT2D eigenvalue weighted by molar-refractivity contribution is -0.124. The molecule has 1 saturated carbocycles. The molecular formula is C30H30N4O4S. The maximum absolute atomic E-state index is 14.1. The van der Waals surface area contributed by atoms with Gasteiger partial charge >= 0.3 is 0 Å². The number of aryl methyl sites for hydroxylation is 1. The Morgan fingerprint density at radius 2 is 1.82 bits per heavy atom. The third-order valence-corrected chi connectivity index (χ3v) is 9.17. The van der Waals surface area contributed by atoms with Crippen LogP contribution in [-0.2, 0) is 10.3 Å². The Bertz CT molecular complexity index is 1620. The van der Waals surface area contributed by atoms with Crippen molar-refractivity contribution in [1.82, 2.24) is 5.32 Å². The Labute approximate surface area is 229 Å². The summed E-state index contributed by atoms with van der Waals surface area (Å²) < 4.78 is 6.64. The molecule has 0 bridgehead atoms. The maximum Gasteiger partial charge on any atom is 0.262 e. The van der Waals surface area contributed by atoms with Crippen molar-refractivity contribution in [3.05, 3.63) is 87.8 Å². The van der Waals surface area contributed by atoms with Gasteiger partial charge in [0.15, 0.2) is 5.78 Å². The lowest BCUT2D eigenvalue weighted by Crippen LogP contribution is -2.53. The molecule has 2 unspecified atom stereocenters. The summed E-state index contributed by atoms with van der Waals surface area (Å²) in [6.07, 6.45) is 1.58. The standard InChI is InChI=1S/C30H30N4O4S/c1-15-14-17(38-16-6-3-2-4-7-16)10-11-18(15)30(33)19-12-13-20(31)26-23(19)24(25(32)28(30)36)27(39-26)29(37)34-21-8-5-9-22(21)35/h2-4,6-7,10-14,21-22,25,35H,5,8-9,31-33H2,1H3,(H,34,37)/t21-,22-,25?,30?/m1/s1. The van der Waals surface area contributed by atoms with Gasteiger partial charge in [0.25, 0.3) is 5.91 Å². The first-order valence-electron chi connectivity index (χ1n) is 13.0. The largest absolute Gasteiger partial charge is 0.457 e. The van der Waals surface area contributed by atoms with Gasteiger partial charge in [-0.2, -0.15) is 0 Å². The molecule has 2 aliphatic carbocycles. The van der Waals surface area contributed by atoms with Crippen LogP contribution in [0.15, 0.2) is 60.7 Å². The van der Waals surface area contributed by atoms with E-state index in [1.54, 1.807) is 24.3 Å². The SMILES string of the molecule is Cc1cc(Oc2ccccc2)ccc1C1(N)C(=O)C(N)c2c(C(=O)N[C@@H]3CCC[C@H]3O)sc3c(N)ccc1c23. The molecule has 0 aliphatic heterocycles. The molecule has 1 fully saturated rings. The van der Waals surface area contributed by atoms with E-state index in [-0.39, 0.29) is 11.9 Å². The summed E-state index contributed by atoms with van der Waals surface area (Å²) in [7, 11) is 0. The number of amides is 1. The summed E-state index contributed by atoms with van der Waals surface area (Å²) in [5, 5.41) is 13.8. The third-order valence-electron chi connectivity index (χ3n) is 7.92. The molecule has 200 valence electrons. The number of carbonyl (C=O) groups is 2. The minimum absolute atomic E-state index is 0.328. The van der Waals surface area contributed by atoms with Crippen molar-refractivity contribution in [2.75, 3.05) is 5.73 Å². The molecule has 1 aromatic heterocycles. The zero-order valence-corrected chi connectivity index (χ0v) is 22.3. The highest BCUT2D eigenvalue weighted by atomic mass is 32.1. The molecule has 4 aromatic rings. The molecule has 8 nitrogen and oxygen atoms in total. The molecular weight excluding hydrogens is 512 g/mol. The average Bonchev–Trinajstić information content (AvgIpc) is 3.52. The number of anilines is 1. The van der Waals surface area contributed by atoms with Crippen LogP contribution in [0.3, 0.4) is 0 Å². The molecule has 6 rings (SSSR count). The van der Waals surface area contributed by atoms with E-state index in [1.807, 2.05) is 43.3 Å². The first-order chi connectivity index (χ1) is 18.7. The predicted molar refractivity (Wildman–Crippen MR) is 152 cm³/mol. The van der Waals surface area contributed by atoms with E-state index in [1.165, 1.54) is 11.3 Å². The lowest BCUT2D eigenvalue weighted by atomic mass is 9.69. The van der Waals surface area contributed by atoms with Crippen LogP contribution < -0.4 is 27.3 Å². The fourth-order valence-corrected chi connectivity index (χ4v) is 7.14. The van der Waals surface area contributed by atoms with Crippen LogP contribution in [0.4, 0.5) is 5.69 Å². The topological polar surface area (TPSA) is 154 Å². The number of nitrogen functional groups attached to an aromatic ring is 1. The second kappa shape index (κ2) is 9.46. The summed E-state index contributed by atoms with van der Waals surface area (Å²) in [5.74, 6) is 0.537. The minimum Gasteiger partial charge on any atom is -0.457 e. The quantitative estimate of drug-likeness (QED) is 0.239. The van der Waals surface area contributed by atoms with E-state index in [4.69, 9.17) is 21.9 Å². The molecule has 9 heteroatoms. The molecule has 1 heterocycles. The Morgan fingerprint density at radius 1 is 1.08 bits per heavy atom. The monoisotopic (exact) mass is 542 g/mol. The van der Waals surface area contributed by atoms with Gasteiger partial charge in [0.05, 0.1) is 27.8 Å². The van der Waals surface area contributed by atoms with E-state index in [2.05, 4.69) is 5.32 Å². The van der Waals surface area contributed by atoms with Gasteiger partial charge in [0.1, 0.15) is 17.0 Å². The van der Waals surface area contributed by atoms with Crippen molar-refractivity contribution in [2.45, 2.75) is 49.9 Å². The Morgan fingerprint density at radius 3 is 2.51 bits per heavy atom. The van der Waals surface area contributed by atoms with Crippen molar-refractivity contribution in [2.24, 2.45) is 11.5 Å². The van der Waals surface area contributed by atoms with Crippen molar-refractivity contribution in [3.63, 3.8) is 0 Å². The number of rotatable bonds is 5. The normalized spacial score (nSPS) is 24.2. The van der Waals surface area contributed by atoms with Gasteiger partial charge in [-0.25, -0.2) is 0 Å². The van der Waals surface area contributed by atoms with Crippen LogP contribution in [0.1, 0.15) is 57.2 Å². The number of nitrogens with two attached hydrogens (primary N) is 3. The fourth-order valence-electron chi connectivity index (χ4n) is 5.94. The Balaban J connectivity index is 1.46. The molecule has 8 N–H and O–H groups in total. The van der Waals surface area contributed by atoms with E-state index in [0.717, 1.165) is 12.0 Å². The van der Waals surface area contributed by atoms with E-state index < -0.39 is 23.5 Å². The summed E-state index contributed by atoms with van der Waals surface area (Å²) >= 11 is 1.21. The number of Topliss-reactive ketones (excluding diaryl/α,β-unsaturated/α-hetero) is 1. The highest BCUT2D eigenvalue weighted by Crippen LogP contribution is 2.50. The minimum atomic E-state index is -1.55. The van der Waals surface area contributed by atoms with Gasteiger partial charge in [-0.05, 0) is 73.2 Å². The average molecular weight is 543 g/mol. The first kappa shape index (κ1) is 25.5. The lowest BCUT2D eigenvalue weighted by Gasteiger charge is -2.37. The molecule has 0 spiro atoms. The molecule has 1 amide bonds. The molecule has 0 saturated heterocycles. The molecule has 39 heavy (non-hydrogen) atoms. The van der Waals surface area contributed by atoms with Crippen LogP contribution in [0.5, 0.6) is 11.5 Å². The summed E-state index contributed by atoms with van der Waals surface area (Å²) in [6, 6.07) is 16.9. The number of nitrogens with one attached hydrogen (secondary N) is 1. The third kappa shape index (κ3) is 4.01. The summed E-state index contributed by atoms with van der Waals surface area (Å²) in [4.78, 5) is 27.8. The fraction of sp³-hybridized carbons (Fsp3) is 0.267. The number of para-hydroxylation sites is 1. The van der Waals surface area contributed by atoms with Crippen LogP contribution in [0, 0.1) is 6.92 Å². The van der Waals surface area contributed by atoms with Crippen molar-refractivity contribution < 1.29 is 19.4 Å². The molecule has 0 radical (unpaired) electrons. The Kier molecular flexibility index (Phi) is 6.19. The number of benzene rings is 3. The van der Waals surface area contributed by atoms with Crippen molar-refractivity contribution in [3.8, 4) is 11.5 Å². The van der Waals surface area contributed by atoms with Gasteiger partial charge in [-0.15, -0.1) is 11.3 Å². The molecule has 3 aromatic carbocycles. The number of ketones is 1. The van der Waals surface area contributed by atoms with Gasteiger partial charge in [0, 0.05) is 16.6 Å². The van der Waals surface area contributed by atoms with Gasteiger partial charge < -0.3 is 32.4 Å². The summed E-state index contributed by atoms with van der Waals surface area (Å²) in [5.41, 5.74) is 21.3. The number of ether oxygens (including phenoxy) is 1. The number of aliphatic hydroxyl groups excluding tert-OH is 1. The van der Waals surface area contributed by atoms with Gasteiger partial charge in [-0.3, -0.25) is 9.59 Å². The predicted octanol–water partition coefficient (Wildman–Crippen LogP) is 4.01. The number of carbonyl (C=O) groups excluding carboxylic acids is 2. The summed E-state index contributed by atoms with van der Waals surface area (Å²) in [6.45, 7) is 1.88. The number of hydrogen-bond donors (Lipinski definition) is 5. The Hall–Kier alpha value is -3.76. The highest BCUT2D eigenvalue weighted by Gasteiger charge is 2.49. The highest BCUT2D eigenvalue weighted by molar-refractivity contribution is 7.21. The van der Waals surface area contributed by atoms with Crippen LogP contribution in [0.2, 0.25) is 0 Å². The van der Waals surface area contributed by atoms with Crippen LogP contribution >= 0.6 is 11.3 Å². The van der Waals surface area contributed by atoms with Gasteiger partial charge in [0.2, 0.25) is 0 Å². The van der Waals surface area contributed by atoms with Crippen molar-refractivity contribution >= 4 is 38.8 Å². The number of thiophene rings is 1. The van der Waals surface area contributed by atoms with E-state index >= 15 is 0 Å². The zero-order valence-electron chi connectivity index (χ0n) is 21.4. The number of hydrogen-bond acceptors (Lipinski definition) is 8. The second-order valence-electron chi connectivity index (χ2n) is 10.4. The number of aliphatic hydroxyl groups is 1.